The third-order valence-electron chi connectivity index (χ3n) is 5.80. The number of rotatable bonds is 7. The summed E-state index contributed by atoms with van der Waals surface area (Å²) in [4.78, 5) is 31.6. The Balaban J connectivity index is 1.69. The van der Waals surface area contributed by atoms with Gasteiger partial charge in [-0.3, -0.25) is 14.9 Å². The van der Waals surface area contributed by atoms with Gasteiger partial charge in [0.15, 0.2) is 0 Å². The molecule has 2 N–H and O–H groups in total. The minimum atomic E-state index is -1.36. The van der Waals surface area contributed by atoms with Gasteiger partial charge < -0.3 is 15.5 Å². The van der Waals surface area contributed by atoms with Crippen LogP contribution in [0.3, 0.4) is 0 Å². The molecule has 1 fully saturated rings. The molecule has 0 aliphatic carbocycles. The molecule has 1 unspecified atom stereocenters. The van der Waals surface area contributed by atoms with E-state index in [0.29, 0.717) is 23.4 Å². The van der Waals surface area contributed by atoms with Gasteiger partial charge >= 0.3 is 0 Å². The first-order valence-electron chi connectivity index (χ1n) is 10.9. The van der Waals surface area contributed by atoms with Crippen LogP contribution in [-0.4, -0.2) is 47.6 Å². The van der Waals surface area contributed by atoms with Gasteiger partial charge in [-0.15, -0.1) is 0 Å². The lowest BCUT2D eigenvalue weighted by Gasteiger charge is -2.35. The molecule has 8 nitrogen and oxygen atoms in total. The SMILES string of the molecule is CC1=CC(c2cccc([N+](=O)[O-])c2)=NC(C(=O)NCCN2CCCC2)(c2ccccc2)N1. The minimum absolute atomic E-state index is 0.0184. The van der Waals surface area contributed by atoms with Crippen molar-refractivity contribution in [2.24, 2.45) is 4.99 Å². The van der Waals surface area contributed by atoms with Crippen molar-refractivity contribution in [3.8, 4) is 0 Å². The van der Waals surface area contributed by atoms with Crippen LogP contribution in [0, 0.1) is 10.1 Å². The highest BCUT2D eigenvalue weighted by Gasteiger charge is 2.42. The molecule has 0 radical (unpaired) electrons. The molecule has 1 saturated heterocycles. The molecule has 4 rings (SSSR count). The molecule has 2 aromatic rings. The first kappa shape index (κ1) is 21.7. The number of aliphatic imine (C=N–C) groups is 1. The fourth-order valence-electron chi connectivity index (χ4n) is 4.21. The molecule has 8 heteroatoms. The second-order valence-corrected chi connectivity index (χ2v) is 8.14. The number of hydrogen-bond acceptors (Lipinski definition) is 6. The molecule has 2 aromatic carbocycles. The molecule has 1 amide bonds. The third kappa shape index (κ3) is 4.55. The van der Waals surface area contributed by atoms with Gasteiger partial charge in [-0.2, -0.15) is 0 Å². The summed E-state index contributed by atoms with van der Waals surface area (Å²) in [6, 6.07) is 15.7. The van der Waals surface area contributed by atoms with Crippen molar-refractivity contribution in [3.63, 3.8) is 0 Å². The van der Waals surface area contributed by atoms with Gasteiger partial charge in [0.1, 0.15) is 0 Å². The Morgan fingerprint density at radius 3 is 2.66 bits per heavy atom. The predicted octanol–water partition coefficient (Wildman–Crippen LogP) is 2.96. The zero-order valence-corrected chi connectivity index (χ0v) is 18.1. The monoisotopic (exact) mass is 433 g/mol. The fraction of sp³-hybridized carbons (Fsp3) is 0.333. The van der Waals surface area contributed by atoms with Crippen LogP contribution in [0.4, 0.5) is 5.69 Å². The predicted molar refractivity (Wildman–Crippen MR) is 123 cm³/mol. The summed E-state index contributed by atoms with van der Waals surface area (Å²) < 4.78 is 0. The average Bonchev–Trinajstić information content (AvgIpc) is 3.32. The number of non-ortho nitro benzene ring substituents is 1. The Hall–Kier alpha value is -3.52. The summed E-state index contributed by atoms with van der Waals surface area (Å²) >= 11 is 0. The van der Waals surface area contributed by atoms with E-state index in [-0.39, 0.29) is 11.6 Å². The zero-order chi connectivity index (χ0) is 22.6. The normalized spacial score (nSPS) is 20.8. The smallest absolute Gasteiger partial charge is 0.273 e. The Morgan fingerprint density at radius 2 is 1.94 bits per heavy atom. The van der Waals surface area contributed by atoms with Gasteiger partial charge in [0.05, 0.1) is 10.6 Å². The molecular weight excluding hydrogens is 406 g/mol. The topological polar surface area (TPSA) is 99.9 Å². The van der Waals surface area contributed by atoms with Crippen molar-refractivity contribution in [2.75, 3.05) is 26.2 Å². The Bertz CT molecular complexity index is 1060. The van der Waals surface area contributed by atoms with Crippen molar-refractivity contribution in [1.29, 1.82) is 0 Å². The maximum Gasteiger partial charge on any atom is 0.273 e. The van der Waals surface area contributed by atoms with Gasteiger partial charge in [0.25, 0.3) is 11.6 Å². The van der Waals surface area contributed by atoms with E-state index in [1.54, 1.807) is 18.2 Å². The van der Waals surface area contributed by atoms with E-state index in [0.717, 1.165) is 25.3 Å². The summed E-state index contributed by atoms with van der Waals surface area (Å²) in [7, 11) is 0. The molecule has 32 heavy (non-hydrogen) atoms. The number of amides is 1. The Morgan fingerprint density at radius 1 is 1.19 bits per heavy atom. The maximum absolute atomic E-state index is 13.6. The average molecular weight is 434 g/mol. The number of nitro groups is 1. The molecule has 2 heterocycles. The van der Waals surface area contributed by atoms with E-state index in [1.165, 1.54) is 25.0 Å². The Kier molecular flexibility index (Phi) is 6.32. The van der Waals surface area contributed by atoms with Gasteiger partial charge in [-0.05, 0) is 38.9 Å². The lowest BCUT2D eigenvalue weighted by molar-refractivity contribution is -0.384. The molecule has 2 aliphatic heterocycles. The maximum atomic E-state index is 13.6. The van der Waals surface area contributed by atoms with Gasteiger partial charge in [-0.25, -0.2) is 4.99 Å². The first-order chi connectivity index (χ1) is 15.5. The standard InChI is InChI=1S/C24H27N5O3/c1-18-16-22(19-8-7-11-21(17-19)29(31)32)27-24(26-18,20-9-3-2-4-10-20)23(30)25-12-15-28-13-5-6-14-28/h2-4,7-11,16-17,26H,5-6,12-15H2,1H3,(H,25,30). The minimum Gasteiger partial charge on any atom is -0.353 e. The van der Waals surface area contributed by atoms with E-state index in [4.69, 9.17) is 4.99 Å². The van der Waals surface area contributed by atoms with Crippen molar-refractivity contribution >= 4 is 17.3 Å². The van der Waals surface area contributed by atoms with Crippen LogP contribution in [0.2, 0.25) is 0 Å². The Labute approximate surface area is 187 Å². The number of allylic oxidation sites excluding steroid dienone is 2. The van der Waals surface area contributed by atoms with E-state index in [2.05, 4.69) is 15.5 Å². The highest BCUT2D eigenvalue weighted by atomic mass is 16.6. The highest BCUT2D eigenvalue weighted by Crippen LogP contribution is 2.30. The highest BCUT2D eigenvalue weighted by molar-refractivity contribution is 6.11. The molecule has 0 aromatic heterocycles. The van der Waals surface area contributed by atoms with Crippen molar-refractivity contribution in [1.82, 2.24) is 15.5 Å². The number of nitrogens with zero attached hydrogens (tertiary/aromatic N) is 3. The van der Waals surface area contributed by atoms with Crippen molar-refractivity contribution in [2.45, 2.75) is 25.4 Å². The molecule has 0 spiro atoms. The van der Waals surface area contributed by atoms with E-state index < -0.39 is 10.6 Å². The second kappa shape index (κ2) is 9.32. The zero-order valence-electron chi connectivity index (χ0n) is 18.1. The van der Waals surface area contributed by atoms with E-state index >= 15 is 0 Å². The van der Waals surface area contributed by atoms with Crippen molar-refractivity contribution in [3.05, 3.63) is 87.6 Å². The first-order valence-corrected chi connectivity index (χ1v) is 10.9. The van der Waals surface area contributed by atoms with Crippen LogP contribution in [0.15, 0.2) is 71.4 Å². The van der Waals surface area contributed by atoms with Crippen LogP contribution in [0.25, 0.3) is 0 Å². The second-order valence-electron chi connectivity index (χ2n) is 8.14. The number of nitro benzene ring substituents is 1. The van der Waals surface area contributed by atoms with Crippen LogP contribution in [0.1, 0.15) is 30.9 Å². The fourth-order valence-corrected chi connectivity index (χ4v) is 4.21. The van der Waals surface area contributed by atoms with Crippen LogP contribution in [-0.2, 0) is 10.5 Å². The lowest BCUT2D eigenvalue weighted by atomic mass is 9.94. The number of likely N-dealkylation sites (tertiary alicyclic amines) is 1. The number of carbonyl (C=O) groups is 1. The molecule has 0 bridgehead atoms. The van der Waals surface area contributed by atoms with E-state index in [1.807, 2.05) is 37.3 Å². The van der Waals surface area contributed by atoms with E-state index in [9.17, 15) is 14.9 Å². The van der Waals surface area contributed by atoms with Gasteiger partial charge in [0.2, 0.25) is 5.66 Å². The summed E-state index contributed by atoms with van der Waals surface area (Å²) in [6.07, 6.45) is 4.20. The number of carbonyl (C=O) groups excluding carboxylic acids is 1. The molecular formula is C24H27N5O3. The van der Waals surface area contributed by atoms with Crippen LogP contribution in [0.5, 0.6) is 0 Å². The largest absolute Gasteiger partial charge is 0.353 e. The summed E-state index contributed by atoms with van der Waals surface area (Å²) in [6.45, 7) is 5.32. The molecule has 1 atom stereocenters. The third-order valence-corrected chi connectivity index (χ3v) is 5.80. The molecule has 0 saturated carbocycles. The van der Waals surface area contributed by atoms with Crippen LogP contribution < -0.4 is 10.6 Å². The number of hydrogen-bond donors (Lipinski definition) is 2. The molecule has 2 aliphatic rings. The summed E-state index contributed by atoms with van der Waals surface area (Å²) in [5.74, 6) is -0.252. The van der Waals surface area contributed by atoms with Crippen molar-refractivity contribution < 1.29 is 9.72 Å². The van der Waals surface area contributed by atoms with Gasteiger partial charge in [0, 0.05) is 42.0 Å². The van der Waals surface area contributed by atoms with Gasteiger partial charge in [-0.1, -0.05) is 42.5 Å². The van der Waals surface area contributed by atoms with Crippen LogP contribution >= 0.6 is 0 Å². The summed E-state index contributed by atoms with van der Waals surface area (Å²) in [5, 5.41) is 17.6. The number of nitrogens with one attached hydrogen (secondary N) is 2. The summed E-state index contributed by atoms with van der Waals surface area (Å²) in [5.41, 5.74) is 1.18. The number of benzene rings is 2. The molecule has 166 valence electrons. The lowest BCUT2D eigenvalue weighted by Crippen LogP contribution is -2.55. The quantitative estimate of drug-likeness (QED) is 0.517.